The molecule has 1 aliphatic heterocycles. The average molecular weight is 452 g/mol. The van der Waals surface area contributed by atoms with E-state index >= 15 is 0 Å². The summed E-state index contributed by atoms with van der Waals surface area (Å²) in [6, 6.07) is 13.0. The second kappa shape index (κ2) is 8.22. The average Bonchev–Trinajstić information content (AvgIpc) is 3.24. The maximum Gasteiger partial charge on any atom is 0.269 e. The van der Waals surface area contributed by atoms with Gasteiger partial charge < -0.3 is 15.2 Å². The van der Waals surface area contributed by atoms with Crippen LogP contribution in [0.4, 0.5) is 0 Å². The molecule has 0 saturated carbocycles. The number of pyridine rings is 1. The van der Waals surface area contributed by atoms with E-state index < -0.39 is 0 Å². The van der Waals surface area contributed by atoms with Crippen LogP contribution in [0.25, 0.3) is 21.7 Å². The van der Waals surface area contributed by atoms with Crippen LogP contribution in [0.3, 0.4) is 0 Å². The predicted octanol–water partition coefficient (Wildman–Crippen LogP) is 3.49. The van der Waals surface area contributed by atoms with Gasteiger partial charge >= 0.3 is 0 Å². The molecule has 1 unspecified atom stereocenters. The monoisotopic (exact) mass is 451 g/mol. The number of benzene rings is 1. The van der Waals surface area contributed by atoms with Crippen LogP contribution >= 0.6 is 22.9 Å². The van der Waals surface area contributed by atoms with Crippen LogP contribution < -0.4 is 10.9 Å². The van der Waals surface area contributed by atoms with Crippen molar-refractivity contribution in [3.05, 3.63) is 80.5 Å². The number of halogens is 1. The van der Waals surface area contributed by atoms with Crippen molar-refractivity contribution in [1.82, 2.24) is 25.2 Å². The van der Waals surface area contributed by atoms with Crippen molar-refractivity contribution in [2.45, 2.75) is 6.04 Å². The van der Waals surface area contributed by atoms with Crippen molar-refractivity contribution < 1.29 is 4.79 Å². The van der Waals surface area contributed by atoms with Crippen molar-refractivity contribution in [3.63, 3.8) is 0 Å². The number of nitrogens with zero attached hydrogens (tertiary/aromatic N) is 3. The Bertz CT molecular complexity index is 1300. The van der Waals surface area contributed by atoms with E-state index in [0.717, 1.165) is 5.56 Å². The molecule has 9 heteroatoms. The molecular formula is C22H18ClN5O2S. The zero-order chi connectivity index (χ0) is 21.4. The highest BCUT2D eigenvalue weighted by Gasteiger charge is 2.27. The van der Waals surface area contributed by atoms with E-state index in [9.17, 15) is 9.59 Å². The number of hydrogen-bond acceptors (Lipinski definition) is 6. The topological polar surface area (TPSA) is 91.0 Å². The molecule has 4 heterocycles. The molecule has 0 spiro atoms. The molecular weight excluding hydrogens is 434 g/mol. The van der Waals surface area contributed by atoms with Crippen molar-refractivity contribution >= 4 is 39.1 Å². The summed E-state index contributed by atoms with van der Waals surface area (Å²) in [5.74, 6) is 0.224. The summed E-state index contributed by atoms with van der Waals surface area (Å²) >= 11 is 7.23. The maximum atomic E-state index is 13.4. The quantitative estimate of drug-likeness (QED) is 0.497. The summed E-state index contributed by atoms with van der Waals surface area (Å²) in [5.41, 5.74) is 2.22. The minimum atomic E-state index is -0.269. The van der Waals surface area contributed by atoms with Gasteiger partial charge in [0, 0.05) is 42.3 Å². The molecule has 0 bridgehead atoms. The Labute approximate surface area is 186 Å². The number of thiophene rings is 1. The Balaban J connectivity index is 1.47. The van der Waals surface area contributed by atoms with E-state index in [1.165, 1.54) is 11.3 Å². The van der Waals surface area contributed by atoms with Crippen LogP contribution in [0.1, 0.15) is 22.0 Å². The Morgan fingerprint density at radius 1 is 1.19 bits per heavy atom. The molecule has 1 fully saturated rings. The highest BCUT2D eigenvalue weighted by Crippen LogP contribution is 2.26. The van der Waals surface area contributed by atoms with E-state index in [2.05, 4.69) is 20.3 Å². The summed E-state index contributed by atoms with van der Waals surface area (Å²) in [6.07, 6.45) is 1.64. The Hall–Kier alpha value is -3.07. The van der Waals surface area contributed by atoms with Crippen LogP contribution in [0.5, 0.6) is 0 Å². The molecule has 1 aromatic carbocycles. The fourth-order valence-corrected chi connectivity index (χ4v) is 4.73. The van der Waals surface area contributed by atoms with Crippen molar-refractivity contribution in [1.29, 1.82) is 0 Å². The molecule has 1 aliphatic rings. The lowest BCUT2D eigenvalue weighted by atomic mass is 10.0. The van der Waals surface area contributed by atoms with Crippen molar-refractivity contribution in [3.8, 4) is 11.5 Å². The number of rotatable bonds is 3. The van der Waals surface area contributed by atoms with E-state index in [4.69, 9.17) is 11.6 Å². The zero-order valence-corrected chi connectivity index (χ0v) is 17.9. The van der Waals surface area contributed by atoms with Gasteiger partial charge in [-0.25, -0.2) is 4.98 Å². The highest BCUT2D eigenvalue weighted by molar-refractivity contribution is 7.17. The van der Waals surface area contributed by atoms with E-state index in [-0.39, 0.29) is 17.5 Å². The van der Waals surface area contributed by atoms with Crippen LogP contribution in [-0.4, -0.2) is 45.4 Å². The van der Waals surface area contributed by atoms with Gasteiger partial charge in [-0.3, -0.25) is 14.6 Å². The Kier molecular flexibility index (Phi) is 5.27. The van der Waals surface area contributed by atoms with Gasteiger partial charge in [-0.2, -0.15) is 0 Å². The summed E-state index contributed by atoms with van der Waals surface area (Å²) < 4.78 is 0.437. The van der Waals surface area contributed by atoms with Crippen LogP contribution in [0.2, 0.25) is 5.02 Å². The normalized spacial score (nSPS) is 16.5. The first-order valence-corrected chi connectivity index (χ1v) is 11.1. The number of amides is 1. The first-order chi connectivity index (χ1) is 15.1. The molecule has 1 amide bonds. The number of carbonyl (C=O) groups is 1. The fourth-order valence-electron chi connectivity index (χ4n) is 3.73. The Morgan fingerprint density at radius 3 is 2.81 bits per heavy atom. The number of fused-ring (bicyclic) bond motifs is 1. The summed E-state index contributed by atoms with van der Waals surface area (Å²) in [6.45, 7) is 1.78. The Morgan fingerprint density at radius 2 is 2.03 bits per heavy atom. The highest BCUT2D eigenvalue weighted by atomic mass is 35.5. The standard InChI is InChI=1S/C22H18ClN5O2S/c23-14-6-4-13(5-7-14)17-11-28(10-9-25-17)22(30)15-12-31-19-18(15)26-20(27-21(19)29)16-3-1-2-8-24-16/h1-8,12,17,25H,9-11H2,(H,26,27,29). The number of hydrogen-bond donors (Lipinski definition) is 2. The minimum absolute atomic E-state index is 0.0142. The van der Waals surface area contributed by atoms with Crippen molar-refractivity contribution in [2.75, 3.05) is 19.6 Å². The van der Waals surface area contributed by atoms with Crippen LogP contribution in [-0.2, 0) is 0 Å². The maximum absolute atomic E-state index is 13.4. The third-order valence-electron chi connectivity index (χ3n) is 5.30. The van der Waals surface area contributed by atoms with Gasteiger partial charge in [0.1, 0.15) is 15.9 Å². The molecule has 1 saturated heterocycles. The molecule has 1 atom stereocenters. The van der Waals surface area contributed by atoms with Gasteiger partial charge in [0.05, 0.1) is 5.56 Å². The molecule has 2 N–H and O–H groups in total. The molecule has 7 nitrogen and oxygen atoms in total. The van der Waals surface area contributed by atoms with Gasteiger partial charge in [0.15, 0.2) is 5.82 Å². The van der Waals surface area contributed by atoms with Gasteiger partial charge in [-0.1, -0.05) is 29.8 Å². The predicted molar refractivity (Wildman–Crippen MR) is 122 cm³/mol. The fraction of sp³-hybridized carbons (Fsp3) is 0.182. The molecule has 4 aromatic rings. The van der Waals surface area contributed by atoms with Crippen LogP contribution in [0, 0.1) is 0 Å². The third kappa shape index (κ3) is 3.85. The number of carbonyl (C=O) groups excluding carboxylic acids is 1. The minimum Gasteiger partial charge on any atom is -0.335 e. The number of nitrogens with one attached hydrogen (secondary N) is 2. The molecule has 0 radical (unpaired) electrons. The molecule has 156 valence electrons. The van der Waals surface area contributed by atoms with Crippen molar-refractivity contribution in [2.24, 2.45) is 0 Å². The van der Waals surface area contributed by atoms with Gasteiger partial charge in [0.2, 0.25) is 0 Å². The number of piperazine rings is 1. The number of aromatic amines is 1. The second-order valence-electron chi connectivity index (χ2n) is 7.27. The number of aromatic nitrogens is 3. The number of H-pyrrole nitrogens is 1. The summed E-state index contributed by atoms with van der Waals surface area (Å²) in [4.78, 5) is 39.4. The van der Waals surface area contributed by atoms with E-state index in [0.29, 0.717) is 52.0 Å². The molecule has 31 heavy (non-hydrogen) atoms. The molecule has 5 rings (SSSR count). The summed E-state index contributed by atoms with van der Waals surface area (Å²) in [5, 5.41) is 5.85. The SMILES string of the molecule is O=C(c1csc2c(=O)[nH]c(-c3ccccn3)nc12)N1CCNC(c2ccc(Cl)cc2)C1. The zero-order valence-electron chi connectivity index (χ0n) is 16.3. The van der Waals surface area contributed by atoms with Gasteiger partial charge in [-0.05, 0) is 29.8 Å². The van der Waals surface area contributed by atoms with E-state index in [1.54, 1.807) is 28.6 Å². The summed E-state index contributed by atoms with van der Waals surface area (Å²) in [7, 11) is 0. The second-order valence-corrected chi connectivity index (χ2v) is 8.58. The lowest BCUT2D eigenvalue weighted by molar-refractivity contribution is 0.0705. The smallest absolute Gasteiger partial charge is 0.269 e. The third-order valence-corrected chi connectivity index (χ3v) is 6.52. The van der Waals surface area contributed by atoms with Gasteiger partial charge in [-0.15, -0.1) is 11.3 Å². The molecule has 0 aliphatic carbocycles. The lowest BCUT2D eigenvalue weighted by Gasteiger charge is -2.34. The lowest BCUT2D eigenvalue weighted by Crippen LogP contribution is -2.48. The van der Waals surface area contributed by atoms with Crippen LogP contribution in [0.15, 0.2) is 58.8 Å². The first kappa shape index (κ1) is 19.9. The largest absolute Gasteiger partial charge is 0.335 e. The molecule has 3 aromatic heterocycles. The van der Waals surface area contributed by atoms with Gasteiger partial charge in [0.25, 0.3) is 11.5 Å². The van der Waals surface area contributed by atoms with E-state index in [1.807, 2.05) is 30.3 Å². The first-order valence-electron chi connectivity index (χ1n) is 9.81.